The number of fused-ring (bicyclic) bond motifs is 3. The third-order valence-corrected chi connectivity index (χ3v) is 7.33. The van der Waals surface area contributed by atoms with E-state index in [1.807, 2.05) is 0 Å². The van der Waals surface area contributed by atoms with Gasteiger partial charge in [0.2, 0.25) is 5.91 Å². The van der Waals surface area contributed by atoms with Gasteiger partial charge in [0, 0.05) is 24.4 Å². The fourth-order valence-electron chi connectivity index (χ4n) is 5.81. The number of amides is 1. The number of likely N-dealkylation sites (tertiary alicyclic amines) is 1. The smallest absolute Gasteiger partial charge is 0.226 e. The summed E-state index contributed by atoms with van der Waals surface area (Å²) in [4.78, 5) is 15.4. The van der Waals surface area contributed by atoms with E-state index in [-0.39, 0.29) is 11.3 Å². The lowest BCUT2D eigenvalue weighted by Crippen LogP contribution is -2.36. The largest absolute Gasteiger partial charge is 0.342 e. The van der Waals surface area contributed by atoms with E-state index in [2.05, 4.69) is 34.5 Å². The van der Waals surface area contributed by atoms with E-state index in [1.54, 1.807) is 0 Å². The van der Waals surface area contributed by atoms with Gasteiger partial charge in [-0.15, -0.1) is 0 Å². The summed E-state index contributed by atoms with van der Waals surface area (Å²) in [5, 5.41) is 3.53. The van der Waals surface area contributed by atoms with Gasteiger partial charge in [-0.3, -0.25) is 4.79 Å². The number of carbonyl (C=O) groups is 1. The second-order valence-corrected chi connectivity index (χ2v) is 8.50. The van der Waals surface area contributed by atoms with Crippen LogP contribution in [0.15, 0.2) is 24.3 Å². The maximum absolute atomic E-state index is 13.2. The Bertz CT molecular complexity index is 643. The summed E-state index contributed by atoms with van der Waals surface area (Å²) in [5.74, 6) is 2.31. The molecule has 3 nitrogen and oxygen atoms in total. The molecule has 5 rings (SSSR count). The first-order valence-electron chi connectivity index (χ1n) is 9.86. The van der Waals surface area contributed by atoms with Gasteiger partial charge < -0.3 is 10.2 Å². The Labute approximate surface area is 144 Å². The molecule has 0 bridgehead atoms. The zero-order valence-electron chi connectivity index (χ0n) is 14.5. The standard InChI is InChI=1S/C21H28N2O/c24-20(23-10-7-16-13-22-14-17(16)8-11-23)19-12-21(19)9-3-5-15-4-1-2-6-18(15)21/h1-2,4,6,16-17,19,22H,3,5,7-14H2/t16-,17+,19?,21?. The topological polar surface area (TPSA) is 32.3 Å². The van der Waals surface area contributed by atoms with Crippen LogP contribution in [0.25, 0.3) is 0 Å². The minimum Gasteiger partial charge on any atom is -0.342 e. The van der Waals surface area contributed by atoms with Crippen LogP contribution in [0.1, 0.15) is 43.2 Å². The highest BCUT2D eigenvalue weighted by atomic mass is 16.2. The quantitative estimate of drug-likeness (QED) is 0.861. The molecule has 0 aromatic heterocycles. The van der Waals surface area contributed by atoms with Crippen molar-refractivity contribution < 1.29 is 4.79 Å². The van der Waals surface area contributed by atoms with E-state index in [1.165, 1.54) is 43.2 Å². The maximum atomic E-state index is 13.2. The molecule has 0 radical (unpaired) electrons. The SMILES string of the molecule is O=C(C1CC12CCCc1ccccc12)N1CC[C@@H]2CNC[C@@H]2CC1. The van der Waals surface area contributed by atoms with Gasteiger partial charge in [-0.1, -0.05) is 24.3 Å². The van der Waals surface area contributed by atoms with Crippen molar-refractivity contribution in [1.29, 1.82) is 0 Å². The van der Waals surface area contributed by atoms with Gasteiger partial charge in [0.25, 0.3) is 0 Å². The Kier molecular flexibility index (Phi) is 3.48. The summed E-state index contributed by atoms with van der Waals surface area (Å²) in [5.41, 5.74) is 3.18. The van der Waals surface area contributed by atoms with Crippen molar-refractivity contribution in [3.8, 4) is 0 Å². The lowest BCUT2D eigenvalue weighted by molar-refractivity contribution is -0.133. The molecule has 2 unspecified atom stereocenters. The number of rotatable bonds is 1. The minimum atomic E-state index is 0.190. The molecule has 4 atom stereocenters. The van der Waals surface area contributed by atoms with Crippen LogP contribution >= 0.6 is 0 Å². The van der Waals surface area contributed by atoms with Crippen molar-refractivity contribution in [3.05, 3.63) is 35.4 Å². The summed E-state index contributed by atoms with van der Waals surface area (Å²) < 4.78 is 0. The molecule has 1 spiro atoms. The zero-order valence-corrected chi connectivity index (χ0v) is 14.5. The van der Waals surface area contributed by atoms with Crippen LogP contribution in [0.3, 0.4) is 0 Å². The van der Waals surface area contributed by atoms with Crippen molar-refractivity contribution in [3.63, 3.8) is 0 Å². The van der Waals surface area contributed by atoms with Crippen molar-refractivity contribution in [2.24, 2.45) is 17.8 Å². The Hall–Kier alpha value is -1.35. The minimum absolute atomic E-state index is 0.190. The number of benzene rings is 1. The number of aryl methyl sites for hydroxylation is 1. The normalized spacial score (nSPS) is 37.7. The number of hydrogen-bond donors (Lipinski definition) is 1. The van der Waals surface area contributed by atoms with Crippen molar-refractivity contribution in [1.82, 2.24) is 10.2 Å². The number of nitrogens with one attached hydrogen (secondary N) is 1. The lowest BCUT2D eigenvalue weighted by atomic mass is 9.78. The maximum Gasteiger partial charge on any atom is 0.226 e. The first kappa shape index (κ1) is 14.9. The molecular weight excluding hydrogens is 296 g/mol. The second kappa shape index (κ2) is 5.59. The van der Waals surface area contributed by atoms with Gasteiger partial charge in [-0.2, -0.15) is 0 Å². The summed E-state index contributed by atoms with van der Waals surface area (Å²) in [6, 6.07) is 8.88. The summed E-state index contributed by atoms with van der Waals surface area (Å²) in [6.07, 6.45) is 7.13. The van der Waals surface area contributed by atoms with E-state index in [9.17, 15) is 4.79 Å². The van der Waals surface area contributed by atoms with Gasteiger partial charge in [-0.05, 0) is 74.6 Å². The first-order valence-corrected chi connectivity index (χ1v) is 9.86. The molecule has 2 saturated heterocycles. The van der Waals surface area contributed by atoms with Crippen LogP contribution < -0.4 is 5.32 Å². The lowest BCUT2D eigenvalue weighted by Gasteiger charge is -2.28. The second-order valence-electron chi connectivity index (χ2n) is 8.50. The molecule has 2 aliphatic heterocycles. The Morgan fingerprint density at radius 3 is 2.67 bits per heavy atom. The molecule has 1 N–H and O–H groups in total. The highest BCUT2D eigenvalue weighted by molar-refractivity contribution is 5.85. The van der Waals surface area contributed by atoms with Crippen LogP contribution in [0.2, 0.25) is 0 Å². The fourth-order valence-corrected chi connectivity index (χ4v) is 5.81. The molecule has 24 heavy (non-hydrogen) atoms. The highest BCUT2D eigenvalue weighted by Gasteiger charge is 2.60. The monoisotopic (exact) mass is 324 g/mol. The van der Waals surface area contributed by atoms with Gasteiger partial charge in [-0.25, -0.2) is 0 Å². The van der Waals surface area contributed by atoms with Crippen molar-refractivity contribution >= 4 is 5.91 Å². The molecule has 1 amide bonds. The number of hydrogen-bond acceptors (Lipinski definition) is 2. The summed E-state index contributed by atoms with van der Waals surface area (Å²) in [7, 11) is 0. The van der Waals surface area contributed by atoms with E-state index in [4.69, 9.17) is 0 Å². The fraction of sp³-hybridized carbons (Fsp3) is 0.667. The Morgan fingerprint density at radius 2 is 1.88 bits per heavy atom. The molecule has 3 fully saturated rings. The molecule has 1 saturated carbocycles. The van der Waals surface area contributed by atoms with Crippen LogP contribution in [-0.2, 0) is 16.6 Å². The number of carbonyl (C=O) groups excluding carboxylic acids is 1. The van der Waals surface area contributed by atoms with E-state index >= 15 is 0 Å². The third-order valence-electron chi connectivity index (χ3n) is 7.33. The average molecular weight is 324 g/mol. The van der Waals surface area contributed by atoms with Crippen LogP contribution in [-0.4, -0.2) is 37.0 Å². The molecule has 128 valence electrons. The molecule has 2 aliphatic carbocycles. The van der Waals surface area contributed by atoms with E-state index in [0.717, 1.165) is 44.4 Å². The highest BCUT2D eigenvalue weighted by Crippen LogP contribution is 2.60. The average Bonchev–Trinajstić information content (AvgIpc) is 3.22. The van der Waals surface area contributed by atoms with Crippen LogP contribution in [0.5, 0.6) is 0 Å². The molecule has 3 heteroatoms. The van der Waals surface area contributed by atoms with Gasteiger partial charge in [0.15, 0.2) is 0 Å². The molecular formula is C21H28N2O. The number of nitrogens with zero attached hydrogens (tertiary/aromatic N) is 1. The summed E-state index contributed by atoms with van der Waals surface area (Å²) >= 11 is 0. The summed E-state index contributed by atoms with van der Waals surface area (Å²) in [6.45, 7) is 4.28. The first-order chi connectivity index (χ1) is 11.8. The van der Waals surface area contributed by atoms with E-state index < -0.39 is 0 Å². The molecule has 4 aliphatic rings. The molecule has 1 aromatic carbocycles. The Balaban J connectivity index is 1.33. The van der Waals surface area contributed by atoms with Gasteiger partial charge in [0.05, 0.1) is 0 Å². The molecule has 1 aromatic rings. The predicted octanol–water partition coefficient (Wildman–Crippen LogP) is 2.74. The van der Waals surface area contributed by atoms with Gasteiger partial charge in [0.1, 0.15) is 0 Å². The van der Waals surface area contributed by atoms with Crippen LogP contribution in [0.4, 0.5) is 0 Å². The van der Waals surface area contributed by atoms with Crippen LogP contribution in [0, 0.1) is 17.8 Å². The van der Waals surface area contributed by atoms with Crippen molar-refractivity contribution in [2.75, 3.05) is 26.2 Å². The zero-order chi connectivity index (χ0) is 16.1. The van der Waals surface area contributed by atoms with Gasteiger partial charge >= 0.3 is 0 Å². The predicted molar refractivity (Wildman–Crippen MR) is 94.8 cm³/mol. The molecule has 2 heterocycles. The van der Waals surface area contributed by atoms with Crippen molar-refractivity contribution in [2.45, 2.75) is 43.9 Å². The van der Waals surface area contributed by atoms with E-state index in [0.29, 0.717) is 5.91 Å². The third kappa shape index (κ3) is 2.24. The Morgan fingerprint density at radius 1 is 1.12 bits per heavy atom.